The summed E-state index contributed by atoms with van der Waals surface area (Å²) in [7, 11) is 0. The molecule has 148 valence electrons. The highest BCUT2D eigenvalue weighted by Crippen LogP contribution is 2.46. The molecule has 0 heterocycles. The second-order valence-electron chi connectivity index (χ2n) is 8.54. The summed E-state index contributed by atoms with van der Waals surface area (Å²) in [6.45, 7) is 17.3. The second kappa shape index (κ2) is 8.60. The van der Waals surface area contributed by atoms with E-state index in [1.807, 2.05) is 24.3 Å². The van der Waals surface area contributed by atoms with Crippen LogP contribution in [0.15, 0.2) is 34.1 Å². The molecule has 2 nitrogen and oxygen atoms in total. The van der Waals surface area contributed by atoms with Gasteiger partial charge in [0.25, 0.3) is 0 Å². The van der Waals surface area contributed by atoms with Crippen LogP contribution in [0, 0.1) is 0 Å². The summed E-state index contributed by atoms with van der Waals surface area (Å²) >= 11 is 1.76. The lowest BCUT2D eigenvalue weighted by Crippen LogP contribution is -2.04. The van der Waals surface area contributed by atoms with Gasteiger partial charge < -0.3 is 10.2 Å². The quantitative estimate of drug-likeness (QED) is 0.533. The molecule has 0 aliphatic carbocycles. The summed E-state index contributed by atoms with van der Waals surface area (Å²) in [5.74, 6) is 1.94. The summed E-state index contributed by atoms with van der Waals surface area (Å²) in [4.78, 5) is 2.38. The highest BCUT2D eigenvalue weighted by molar-refractivity contribution is 7.99. The van der Waals surface area contributed by atoms with Gasteiger partial charge in [0.2, 0.25) is 0 Å². The topological polar surface area (TPSA) is 40.5 Å². The fraction of sp³-hybridized carbons (Fsp3) is 0.500. The Morgan fingerprint density at radius 2 is 0.815 bits per heavy atom. The van der Waals surface area contributed by atoms with Gasteiger partial charge in [0.15, 0.2) is 0 Å². The third-order valence-corrected chi connectivity index (χ3v) is 6.13. The fourth-order valence-electron chi connectivity index (χ4n) is 3.91. The Morgan fingerprint density at radius 3 is 1.07 bits per heavy atom. The zero-order valence-corrected chi connectivity index (χ0v) is 18.7. The summed E-state index contributed by atoms with van der Waals surface area (Å²) in [6.07, 6.45) is 0. The lowest BCUT2D eigenvalue weighted by Gasteiger charge is -2.24. The van der Waals surface area contributed by atoms with Gasteiger partial charge in [-0.1, -0.05) is 67.2 Å². The van der Waals surface area contributed by atoms with Crippen LogP contribution < -0.4 is 0 Å². The van der Waals surface area contributed by atoms with E-state index in [-0.39, 0.29) is 11.8 Å². The van der Waals surface area contributed by atoms with Crippen molar-refractivity contribution in [1.82, 2.24) is 0 Å². The molecule has 0 fully saturated rings. The molecule has 0 radical (unpaired) electrons. The van der Waals surface area contributed by atoms with Crippen molar-refractivity contribution in [2.24, 2.45) is 0 Å². The first-order valence-electron chi connectivity index (χ1n) is 9.95. The molecule has 0 aliphatic rings. The maximum atomic E-state index is 10.5. The zero-order chi connectivity index (χ0) is 20.5. The predicted molar refractivity (Wildman–Crippen MR) is 117 cm³/mol. The second-order valence-corrected chi connectivity index (χ2v) is 9.62. The normalized spacial score (nSPS) is 12.0. The van der Waals surface area contributed by atoms with E-state index in [4.69, 9.17) is 0 Å². The average molecular weight is 387 g/mol. The summed E-state index contributed by atoms with van der Waals surface area (Å²) in [6, 6.07) is 7.71. The monoisotopic (exact) mass is 386 g/mol. The van der Waals surface area contributed by atoms with E-state index in [0.717, 1.165) is 11.1 Å². The number of phenolic OH excluding ortho intramolecular Hbond substituents is 2. The van der Waals surface area contributed by atoms with Crippen LogP contribution in [0.4, 0.5) is 0 Å². The fourth-order valence-corrected chi connectivity index (χ4v) is 5.33. The first-order valence-corrected chi connectivity index (χ1v) is 10.8. The van der Waals surface area contributed by atoms with Crippen LogP contribution in [0.25, 0.3) is 0 Å². The van der Waals surface area contributed by atoms with Crippen LogP contribution >= 0.6 is 11.8 Å². The number of hydrogen-bond acceptors (Lipinski definition) is 3. The SMILES string of the molecule is CC(C)c1c(O)ccc(Sc2ccc(O)c(C(C)C)c2C(C)C)c1C(C)C. The van der Waals surface area contributed by atoms with Gasteiger partial charge in [-0.25, -0.2) is 0 Å². The molecular formula is C24H34O2S. The summed E-state index contributed by atoms with van der Waals surface area (Å²) in [5.41, 5.74) is 4.54. The molecule has 0 aromatic heterocycles. The molecule has 2 N–H and O–H groups in total. The van der Waals surface area contributed by atoms with E-state index in [1.54, 1.807) is 11.8 Å². The van der Waals surface area contributed by atoms with Crippen LogP contribution in [0.3, 0.4) is 0 Å². The Balaban J connectivity index is 2.68. The van der Waals surface area contributed by atoms with Crippen LogP contribution in [-0.4, -0.2) is 10.2 Å². The average Bonchev–Trinajstić information content (AvgIpc) is 2.55. The van der Waals surface area contributed by atoms with E-state index in [0.29, 0.717) is 23.3 Å². The maximum Gasteiger partial charge on any atom is 0.119 e. The van der Waals surface area contributed by atoms with Gasteiger partial charge in [-0.3, -0.25) is 0 Å². The minimum Gasteiger partial charge on any atom is -0.508 e. The minimum atomic E-state index is 0.263. The van der Waals surface area contributed by atoms with Crippen LogP contribution in [0.2, 0.25) is 0 Å². The first-order chi connectivity index (χ1) is 12.6. The van der Waals surface area contributed by atoms with Gasteiger partial charge in [-0.2, -0.15) is 0 Å². The van der Waals surface area contributed by atoms with Gasteiger partial charge >= 0.3 is 0 Å². The lowest BCUT2D eigenvalue weighted by molar-refractivity contribution is 0.461. The van der Waals surface area contributed by atoms with Crippen molar-refractivity contribution in [2.45, 2.75) is 88.9 Å². The maximum absolute atomic E-state index is 10.5. The zero-order valence-electron chi connectivity index (χ0n) is 17.9. The molecule has 0 saturated heterocycles. The van der Waals surface area contributed by atoms with Gasteiger partial charge in [-0.05, 0) is 59.1 Å². The van der Waals surface area contributed by atoms with Crippen LogP contribution in [0.1, 0.15) is 101 Å². The van der Waals surface area contributed by atoms with Crippen molar-refractivity contribution in [2.75, 3.05) is 0 Å². The van der Waals surface area contributed by atoms with Crippen molar-refractivity contribution in [1.29, 1.82) is 0 Å². The van der Waals surface area contributed by atoms with E-state index >= 15 is 0 Å². The molecule has 3 heteroatoms. The van der Waals surface area contributed by atoms with Gasteiger partial charge in [0, 0.05) is 20.9 Å². The number of benzene rings is 2. The molecule has 2 aromatic carbocycles. The molecule has 0 unspecified atom stereocenters. The number of hydrogen-bond donors (Lipinski definition) is 2. The molecule has 2 aromatic rings. The van der Waals surface area contributed by atoms with E-state index in [9.17, 15) is 10.2 Å². The molecule has 0 bridgehead atoms. The molecule has 0 spiro atoms. The Morgan fingerprint density at radius 1 is 0.519 bits per heavy atom. The highest BCUT2D eigenvalue weighted by Gasteiger charge is 2.23. The first kappa shape index (κ1) is 21.7. The van der Waals surface area contributed by atoms with E-state index in [1.165, 1.54) is 20.9 Å². The third-order valence-electron chi connectivity index (χ3n) is 4.98. The number of phenols is 2. The molecule has 0 saturated carbocycles. The highest BCUT2D eigenvalue weighted by atomic mass is 32.2. The third kappa shape index (κ3) is 4.45. The predicted octanol–water partition coefficient (Wildman–Crippen LogP) is 7.74. The van der Waals surface area contributed by atoms with Gasteiger partial charge in [0.1, 0.15) is 11.5 Å². The lowest BCUT2D eigenvalue weighted by atomic mass is 9.89. The Hall–Kier alpha value is -1.61. The van der Waals surface area contributed by atoms with Gasteiger partial charge in [-0.15, -0.1) is 0 Å². The Labute approximate surface area is 169 Å². The summed E-state index contributed by atoms with van der Waals surface area (Å²) in [5, 5.41) is 20.9. The smallest absolute Gasteiger partial charge is 0.119 e. The Bertz CT molecular complexity index is 737. The Kier molecular flexibility index (Phi) is 6.91. The van der Waals surface area contributed by atoms with Crippen molar-refractivity contribution >= 4 is 11.8 Å². The van der Waals surface area contributed by atoms with Crippen molar-refractivity contribution in [3.63, 3.8) is 0 Å². The number of aromatic hydroxyl groups is 2. The molecular weight excluding hydrogens is 352 g/mol. The van der Waals surface area contributed by atoms with Crippen LogP contribution in [-0.2, 0) is 0 Å². The molecule has 2 rings (SSSR count). The molecule has 27 heavy (non-hydrogen) atoms. The van der Waals surface area contributed by atoms with E-state index < -0.39 is 0 Å². The van der Waals surface area contributed by atoms with Crippen molar-refractivity contribution in [3.05, 3.63) is 46.5 Å². The largest absolute Gasteiger partial charge is 0.508 e. The molecule has 0 atom stereocenters. The van der Waals surface area contributed by atoms with E-state index in [2.05, 4.69) is 55.4 Å². The molecule has 0 amide bonds. The van der Waals surface area contributed by atoms with Crippen molar-refractivity contribution < 1.29 is 10.2 Å². The minimum absolute atomic E-state index is 0.263. The molecule has 0 aliphatic heterocycles. The van der Waals surface area contributed by atoms with Gasteiger partial charge in [0.05, 0.1) is 0 Å². The number of rotatable bonds is 6. The summed E-state index contributed by atoms with van der Waals surface area (Å²) < 4.78 is 0. The van der Waals surface area contributed by atoms with Crippen LogP contribution in [0.5, 0.6) is 11.5 Å². The standard InChI is InChI=1S/C24H34O2S/c1-13(2)21-17(25)9-11-19(23(21)15(5)6)27-20-12-10-18(26)22(14(3)4)24(20)16(7)8/h9-16,25-26H,1-8H3. The van der Waals surface area contributed by atoms with Crippen molar-refractivity contribution in [3.8, 4) is 11.5 Å².